The fourth-order valence-electron chi connectivity index (χ4n) is 6.64. The summed E-state index contributed by atoms with van der Waals surface area (Å²) in [5, 5.41) is 0. The molecule has 2 aromatic carbocycles. The Hall–Kier alpha value is -2.35. The number of imidazole rings is 1. The maximum atomic E-state index is 2.72. The first-order valence-electron chi connectivity index (χ1n) is 18.4. The third-order valence-corrected chi connectivity index (χ3v) is 9.37. The maximum absolute atomic E-state index is 2.72. The largest absolute Gasteiger partial charge is 0.261 e. The van der Waals surface area contributed by atoms with Gasteiger partial charge in [0.1, 0.15) is 11.9 Å². The van der Waals surface area contributed by atoms with E-state index >= 15 is 0 Å². The van der Waals surface area contributed by atoms with Crippen molar-refractivity contribution in [2.75, 3.05) is 0 Å². The maximum Gasteiger partial charge on any atom is 0.261 e. The van der Waals surface area contributed by atoms with E-state index in [0.717, 1.165) is 25.9 Å². The van der Waals surface area contributed by atoms with Crippen LogP contribution in [0.15, 0.2) is 66.9 Å². The highest BCUT2D eigenvalue weighted by molar-refractivity contribution is 5.21. The molecule has 2 nitrogen and oxygen atoms in total. The fourth-order valence-corrected chi connectivity index (χ4v) is 6.64. The predicted octanol–water partition coefficient (Wildman–Crippen LogP) is 11.8. The minimum Gasteiger partial charge on any atom is -0.234 e. The number of hydrogen-bond acceptors (Lipinski definition) is 0. The van der Waals surface area contributed by atoms with Gasteiger partial charge in [0.25, 0.3) is 5.82 Å². The molecule has 3 aromatic rings. The van der Waals surface area contributed by atoms with Crippen LogP contribution in [0.2, 0.25) is 0 Å². The second-order valence-electron chi connectivity index (χ2n) is 13.2. The van der Waals surface area contributed by atoms with Gasteiger partial charge in [-0.3, -0.25) is 0 Å². The van der Waals surface area contributed by atoms with E-state index in [1.165, 1.54) is 138 Å². The molecule has 0 aliphatic rings. The van der Waals surface area contributed by atoms with Gasteiger partial charge in [-0.1, -0.05) is 171 Å². The molecule has 0 radical (unpaired) electrons. The summed E-state index contributed by atoms with van der Waals surface area (Å²) in [6.45, 7) is 9.32. The van der Waals surface area contributed by atoms with Gasteiger partial charge >= 0.3 is 0 Å². The predicted molar refractivity (Wildman–Crippen MR) is 187 cm³/mol. The number of unbranched alkanes of at least 4 members (excludes halogenated alkanes) is 16. The van der Waals surface area contributed by atoms with Gasteiger partial charge in [0, 0.05) is 6.42 Å². The summed E-state index contributed by atoms with van der Waals surface area (Å²) >= 11 is 0. The number of rotatable bonds is 25. The average molecular weight is 586 g/mol. The van der Waals surface area contributed by atoms with Gasteiger partial charge in [-0.15, -0.1) is 0 Å². The van der Waals surface area contributed by atoms with Crippen molar-refractivity contribution in [2.45, 2.75) is 168 Å². The lowest BCUT2D eigenvalue weighted by Crippen LogP contribution is -2.41. The first kappa shape index (κ1) is 35.1. The van der Waals surface area contributed by atoms with Crippen LogP contribution in [0.3, 0.4) is 0 Å². The summed E-state index contributed by atoms with van der Waals surface area (Å²) in [4.78, 5) is 0. The molecule has 0 aliphatic heterocycles. The van der Waals surface area contributed by atoms with Crippen molar-refractivity contribution < 1.29 is 4.57 Å². The molecule has 0 amide bonds. The lowest BCUT2D eigenvalue weighted by atomic mass is 9.96. The van der Waals surface area contributed by atoms with Crippen LogP contribution < -0.4 is 4.57 Å². The lowest BCUT2D eigenvalue weighted by molar-refractivity contribution is -0.710. The SMILES string of the molecule is CCCCCCCCCCCCCCCn1cc(CC(C)c2ccccc2)[n+](CCCCCCC)c1Cc1ccccc1. The van der Waals surface area contributed by atoms with E-state index in [1.807, 2.05) is 0 Å². The first-order valence-corrected chi connectivity index (χ1v) is 18.4. The summed E-state index contributed by atoms with van der Waals surface area (Å²) in [5.41, 5.74) is 4.40. The molecule has 0 saturated heterocycles. The molecule has 238 valence electrons. The second-order valence-corrected chi connectivity index (χ2v) is 13.2. The summed E-state index contributed by atoms with van der Waals surface area (Å²) in [7, 11) is 0. The van der Waals surface area contributed by atoms with E-state index in [0.29, 0.717) is 5.92 Å². The van der Waals surface area contributed by atoms with E-state index in [1.54, 1.807) is 0 Å². The van der Waals surface area contributed by atoms with Crippen molar-refractivity contribution in [3.8, 4) is 0 Å². The Morgan fingerprint density at radius 3 is 1.63 bits per heavy atom. The van der Waals surface area contributed by atoms with Crippen molar-refractivity contribution in [1.82, 2.24) is 4.57 Å². The van der Waals surface area contributed by atoms with Crippen molar-refractivity contribution in [3.63, 3.8) is 0 Å². The van der Waals surface area contributed by atoms with Crippen molar-refractivity contribution in [3.05, 3.63) is 89.5 Å². The molecule has 0 spiro atoms. The van der Waals surface area contributed by atoms with Gasteiger partial charge in [0.2, 0.25) is 0 Å². The number of aromatic nitrogens is 2. The van der Waals surface area contributed by atoms with Crippen molar-refractivity contribution in [1.29, 1.82) is 0 Å². The van der Waals surface area contributed by atoms with Crippen LogP contribution >= 0.6 is 0 Å². The highest BCUT2D eigenvalue weighted by Crippen LogP contribution is 2.21. The topological polar surface area (TPSA) is 8.81 Å². The molecule has 0 aliphatic carbocycles. The van der Waals surface area contributed by atoms with E-state index in [-0.39, 0.29) is 0 Å². The molecule has 1 atom stereocenters. The van der Waals surface area contributed by atoms with Crippen LogP contribution in [0.25, 0.3) is 0 Å². The zero-order valence-electron chi connectivity index (χ0n) is 28.4. The van der Waals surface area contributed by atoms with Crippen LogP contribution in [-0.4, -0.2) is 4.57 Å². The molecule has 1 unspecified atom stereocenters. The van der Waals surface area contributed by atoms with Crippen LogP contribution in [0, 0.1) is 0 Å². The molecule has 0 N–H and O–H groups in total. The van der Waals surface area contributed by atoms with E-state index in [4.69, 9.17) is 0 Å². The molecule has 2 heteroatoms. The molecular formula is C41H65N2+. The number of benzene rings is 2. The zero-order chi connectivity index (χ0) is 30.4. The van der Waals surface area contributed by atoms with Crippen molar-refractivity contribution in [2.24, 2.45) is 0 Å². The number of nitrogens with zero attached hydrogens (tertiary/aromatic N) is 2. The first-order chi connectivity index (χ1) is 21.2. The van der Waals surface area contributed by atoms with Crippen LogP contribution in [0.4, 0.5) is 0 Å². The highest BCUT2D eigenvalue weighted by atomic mass is 15.2. The fraction of sp³-hybridized carbons (Fsp3) is 0.634. The van der Waals surface area contributed by atoms with Crippen LogP contribution in [0.1, 0.15) is 165 Å². The molecule has 1 heterocycles. The molecular weight excluding hydrogens is 520 g/mol. The Bertz CT molecular complexity index is 1070. The van der Waals surface area contributed by atoms with E-state index in [2.05, 4.69) is 96.8 Å². The van der Waals surface area contributed by atoms with Gasteiger partial charge in [0.05, 0.1) is 19.5 Å². The van der Waals surface area contributed by atoms with Crippen LogP contribution in [-0.2, 0) is 25.9 Å². The minimum absolute atomic E-state index is 0.518. The zero-order valence-corrected chi connectivity index (χ0v) is 28.4. The van der Waals surface area contributed by atoms with Crippen molar-refractivity contribution >= 4 is 0 Å². The van der Waals surface area contributed by atoms with Gasteiger partial charge in [0.15, 0.2) is 0 Å². The minimum atomic E-state index is 0.518. The Morgan fingerprint density at radius 2 is 1.07 bits per heavy atom. The molecule has 0 saturated carbocycles. The number of hydrogen-bond donors (Lipinski definition) is 0. The van der Waals surface area contributed by atoms with Gasteiger partial charge in [-0.2, -0.15) is 0 Å². The van der Waals surface area contributed by atoms with Gasteiger partial charge < -0.3 is 0 Å². The van der Waals surface area contributed by atoms with E-state index < -0.39 is 0 Å². The smallest absolute Gasteiger partial charge is 0.234 e. The Kier molecular flexibility index (Phi) is 18.1. The molecule has 0 bridgehead atoms. The monoisotopic (exact) mass is 586 g/mol. The van der Waals surface area contributed by atoms with Gasteiger partial charge in [-0.05, 0) is 42.7 Å². The highest BCUT2D eigenvalue weighted by Gasteiger charge is 2.25. The van der Waals surface area contributed by atoms with E-state index in [9.17, 15) is 0 Å². The van der Waals surface area contributed by atoms with Crippen LogP contribution in [0.5, 0.6) is 0 Å². The standard InChI is InChI=1S/C41H65N2/c1-4-6-8-10-11-12-13-14-15-16-17-19-26-32-42-36-40(34-37(3)39-30-24-21-25-31-39)43(33-27-18-9-7-5-2)41(42)35-38-28-22-20-23-29-38/h20-25,28-31,36-37H,4-19,26-27,32-35H2,1-3H3/q+1. The summed E-state index contributed by atoms with van der Waals surface area (Å²) in [6.07, 6.45) is 29.6. The Balaban J connectivity index is 1.60. The Morgan fingerprint density at radius 1 is 0.581 bits per heavy atom. The third kappa shape index (κ3) is 13.9. The van der Waals surface area contributed by atoms with Gasteiger partial charge in [-0.25, -0.2) is 9.13 Å². The quantitative estimate of drug-likeness (QED) is 0.0690. The Labute approximate surface area is 266 Å². The molecule has 43 heavy (non-hydrogen) atoms. The summed E-state index contributed by atoms with van der Waals surface area (Å²) < 4.78 is 5.37. The molecule has 3 rings (SSSR count). The average Bonchev–Trinajstić information content (AvgIpc) is 3.35. The molecule has 0 fully saturated rings. The number of aryl methyl sites for hydroxylation is 1. The molecule has 1 aromatic heterocycles. The third-order valence-electron chi connectivity index (χ3n) is 9.37. The summed E-state index contributed by atoms with van der Waals surface area (Å²) in [5.74, 6) is 2.03. The second kappa shape index (κ2) is 22.2. The summed E-state index contributed by atoms with van der Waals surface area (Å²) in [6, 6.07) is 22.3. The lowest BCUT2D eigenvalue weighted by Gasteiger charge is -2.12. The normalized spacial score (nSPS) is 12.2.